The summed E-state index contributed by atoms with van der Waals surface area (Å²) in [5, 5.41) is 3.33. The highest BCUT2D eigenvalue weighted by molar-refractivity contribution is 7.92. The molecule has 4 fully saturated rings. The van der Waals surface area contributed by atoms with Crippen molar-refractivity contribution >= 4 is 21.6 Å². The average molecular weight is 467 g/mol. The second kappa shape index (κ2) is 8.46. The molecule has 0 aliphatic heterocycles. The number of sulfonamides is 1. The highest BCUT2D eigenvalue weighted by Crippen LogP contribution is 2.55. The molecule has 33 heavy (non-hydrogen) atoms. The number of hydrogen-bond acceptors (Lipinski definition) is 3. The smallest absolute Gasteiger partial charge is 0.264 e. The molecular weight excluding hydrogens is 432 g/mol. The second-order valence-corrected chi connectivity index (χ2v) is 12.7. The van der Waals surface area contributed by atoms with Gasteiger partial charge in [0.2, 0.25) is 5.91 Å². The summed E-state index contributed by atoms with van der Waals surface area (Å²) in [7, 11) is -3.88. The fourth-order valence-corrected chi connectivity index (χ4v) is 8.23. The van der Waals surface area contributed by atoms with Gasteiger partial charge in [-0.3, -0.25) is 9.10 Å². The highest BCUT2D eigenvalue weighted by atomic mass is 32.2. The first-order valence-corrected chi connectivity index (χ1v) is 13.7. The zero-order valence-electron chi connectivity index (χ0n) is 19.5. The Morgan fingerprint density at radius 3 is 2.00 bits per heavy atom. The van der Waals surface area contributed by atoms with E-state index in [0.717, 1.165) is 24.8 Å². The van der Waals surface area contributed by atoms with Gasteiger partial charge in [-0.25, -0.2) is 8.42 Å². The van der Waals surface area contributed by atoms with Crippen LogP contribution in [0.25, 0.3) is 0 Å². The molecule has 4 aliphatic carbocycles. The summed E-state index contributed by atoms with van der Waals surface area (Å²) in [6.45, 7) is 4.00. The molecule has 6 rings (SSSR count). The number of nitrogens with one attached hydrogen (secondary N) is 1. The number of carbonyl (C=O) groups excluding carboxylic acids is 1. The third-order valence-electron chi connectivity index (χ3n) is 7.91. The highest BCUT2D eigenvalue weighted by Gasteiger charge is 2.51. The predicted molar refractivity (Wildman–Crippen MR) is 131 cm³/mol. The molecule has 0 saturated heterocycles. The summed E-state index contributed by atoms with van der Waals surface area (Å²) in [5.41, 5.74) is 1.51. The van der Waals surface area contributed by atoms with Crippen LogP contribution in [0.5, 0.6) is 0 Å². The molecule has 1 amide bonds. The topological polar surface area (TPSA) is 66.5 Å². The minimum Gasteiger partial charge on any atom is -0.349 e. The normalized spacial score (nSPS) is 28.2. The summed E-state index contributed by atoms with van der Waals surface area (Å²) >= 11 is 0. The van der Waals surface area contributed by atoms with Crippen molar-refractivity contribution in [3.8, 4) is 0 Å². The van der Waals surface area contributed by atoms with Gasteiger partial charge in [0.1, 0.15) is 6.54 Å². The van der Waals surface area contributed by atoms with Gasteiger partial charge in [0.15, 0.2) is 0 Å². The van der Waals surface area contributed by atoms with E-state index in [0.29, 0.717) is 29.4 Å². The lowest BCUT2D eigenvalue weighted by atomic mass is 9.53. The SMILES string of the molecule is CC(C)c1ccc(N(CC(=O)NC23CC4CC(CC(C4)C2)C3)S(=O)(=O)c2ccccc2)cc1. The summed E-state index contributed by atoms with van der Waals surface area (Å²) < 4.78 is 28.5. The zero-order chi connectivity index (χ0) is 23.2. The molecule has 0 atom stereocenters. The Morgan fingerprint density at radius 2 is 1.48 bits per heavy atom. The van der Waals surface area contributed by atoms with Crippen LogP contribution in [0, 0.1) is 17.8 Å². The minimum atomic E-state index is -3.88. The molecule has 4 aliphatic rings. The third kappa shape index (κ3) is 4.42. The molecule has 4 saturated carbocycles. The van der Waals surface area contributed by atoms with Gasteiger partial charge in [-0.1, -0.05) is 44.2 Å². The molecule has 2 aromatic carbocycles. The van der Waals surface area contributed by atoms with E-state index < -0.39 is 10.0 Å². The molecule has 176 valence electrons. The van der Waals surface area contributed by atoms with Gasteiger partial charge >= 0.3 is 0 Å². The van der Waals surface area contributed by atoms with Crippen LogP contribution in [-0.2, 0) is 14.8 Å². The number of nitrogens with zero attached hydrogens (tertiary/aromatic N) is 1. The molecule has 4 bridgehead atoms. The molecule has 0 aromatic heterocycles. The standard InChI is InChI=1S/C27H34N2O3S/c1-19(2)23-8-10-24(11-9-23)29(33(31,32)25-6-4-3-5-7-25)18-26(30)28-27-15-20-12-21(16-27)14-22(13-20)17-27/h3-11,19-22H,12-18H2,1-2H3,(H,28,30). The molecule has 1 N–H and O–H groups in total. The van der Waals surface area contributed by atoms with E-state index in [4.69, 9.17) is 0 Å². The van der Waals surface area contributed by atoms with Crippen LogP contribution in [0.3, 0.4) is 0 Å². The summed E-state index contributed by atoms with van der Waals surface area (Å²) in [6.07, 6.45) is 7.02. The Hall–Kier alpha value is -2.34. The van der Waals surface area contributed by atoms with Crippen LogP contribution in [0.4, 0.5) is 5.69 Å². The Balaban J connectivity index is 1.41. The maximum Gasteiger partial charge on any atom is 0.264 e. The number of benzene rings is 2. The summed E-state index contributed by atoms with van der Waals surface area (Å²) in [5.74, 6) is 2.28. The van der Waals surface area contributed by atoms with Gasteiger partial charge in [-0.15, -0.1) is 0 Å². The first-order chi connectivity index (χ1) is 15.7. The molecule has 2 aromatic rings. The van der Waals surface area contributed by atoms with Crippen LogP contribution >= 0.6 is 0 Å². The van der Waals surface area contributed by atoms with Gasteiger partial charge in [-0.2, -0.15) is 0 Å². The van der Waals surface area contributed by atoms with Gasteiger partial charge in [0.25, 0.3) is 10.0 Å². The maximum absolute atomic E-state index is 13.6. The van der Waals surface area contributed by atoms with Crippen molar-refractivity contribution in [3.05, 3.63) is 60.2 Å². The van der Waals surface area contributed by atoms with Crippen molar-refractivity contribution in [1.29, 1.82) is 0 Å². The van der Waals surface area contributed by atoms with Gasteiger partial charge in [0, 0.05) is 5.54 Å². The molecule has 0 unspecified atom stereocenters. The van der Waals surface area contributed by atoms with E-state index in [1.807, 2.05) is 24.3 Å². The zero-order valence-corrected chi connectivity index (χ0v) is 20.4. The van der Waals surface area contributed by atoms with Crippen LogP contribution in [-0.4, -0.2) is 26.4 Å². The minimum absolute atomic E-state index is 0.143. The number of carbonyl (C=O) groups is 1. The van der Waals surface area contributed by atoms with Gasteiger partial charge < -0.3 is 5.32 Å². The Morgan fingerprint density at radius 1 is 0.939 bits per heavy atom. The van der Waals surface area contributed by atoms with Crippen molar-refractivity contribution in [2.24, 2.45) is 17.8 Å². The van der Waals surface area contributed by atoms with E-state index in [9.17, 15) is 13.2 Å². The van der Waals surface area contributed by atoms with E-state index in [-0.39, 0.29) is 22.9 Å². The number of rotatable bonds is 7. The predicted octanol–water partition coefficient (Wildman–Crippen LogP) is 5.09. The Bertz CT molecular complexity index is 1070. The molecule has 6 heteroatoms. The molecule has 0 radical (unpaired) electrons. The van der Waals surface area contributed by atoms with Crippen molar-refractivity contribution in [2.45, 2.75) is 68.7 Å². The van der Waals surface area contributed by atoms with Crippen LogP contribution < -0.4 is 9.62 Å². The van der Waals surface area contributed by atoms with Crippen molar-refractivity contribution in [2.75, 3.05) is 10.8 Å². The molecule has 0 heterocycles. The van der Waals surface area contributed by atoms with E-state index in [1.54, 1.807) is 30.3 Å². The lowest BCUT2D eigenvalue weighted by Crippen LogP contribution is -2.61. The lowest BCUT2D eigenvalue weighted by Gasteiger charge is -2.57. The molecule has 5 nitrogen and oxygen atoms in total. The van der Waals surface area contributed by atoms with Crippen LogP contribution in [0.1, 0.15) is 63.9 Å². The van der Waals surface area contributed by atoms with Crippen molar-refractivity contribution in [1.82, 2.24) is 5.32 Å². The second-order valence-electron chi connectivity index (χ2n) is 10.8. The first kappa shape index (κ1) is 22.5. The van der Waals surface area contributed by atoms with Gasteiger partial charge in [0.05, 0.1) is 10.6 Å². The van der Waals surface area contributed by atoms with Gasteiger partial charge in [-0.05, 0) is 92.0 Å². The fourth-order valence-electron chi connectivity index (χ4n) is 6.79. The van der Waals surface area contributed by atoms with E-state index in [2.05, 4.69) is 19.2 Å². The van der Waals surface area contributed by atoms with Crippen LogP contribution in [0.15, 0.2) is 59.5 Å². The molecular formula is C27H34N2O3S. The number of anilines is 1. The van der Waals surface area contributed by atoms with Crippen molar-refractivity contribution in [3.63, 3.8) is 0 Å². The Kier molecular flexibility index (Phi) is 5.76. The summed E-state index contributed by atoms with van der Waals surface area (Å²) in [4.78, 5) is 13.5. The maximum atomic E-state index is 13.6. The lowest BCUT2D eigenvalue weighted by molar-refractivity contribution is -0.125. The van der Waals surface area contributed by atoms with E-state index in [1.165, 1.54) is 23.6 Å². The fraction of sp³-hybridized carbons (Fsp3) is 0.519. The van der Waals surface area contributed by atoms with Crippen LogP contribution in [0.2, 0.25) is 0 Å². The monoisotopic (exact) mass is 466 g/mol. The largest absolute Gasteiger partial charge is 0.349 e. The van der Waals surface area contributed by atoms with Crippen molar-refractivity contribution < 1.29 is 13.2 Å². The quantitative estimate of drug-likeness (QED) is 0.618. The summed E-state index contributed by atoms with van der Waals surface area (Å²) in [6, 6.07) is 15.9. The third-order valence-corrected chi connectivity index (χ3v) is 9.70. The number of hydrogen-bond donors (Lipinski definition) is 1. The Labute approximate surface area is 197 Å². The average Bonchev–Trinajstić information content (AvgIpc) is 2.77. The number of amides is 1. The van der Waals surface area contributed by atoms with E-state index >= 15 is 0 Å². The molecule has 0 spiro atoms. The first-order valence-electron chi connectivity index (χ1n) is 12.2.